The summed E-state index contributed by atoms with van der Waals surface area (Å²) in [5.74, 6) is -4.57. The van der Waals surface area contributed by atoms with Crippen molar-refractivity contribution >= 4 is 21.0 Å². The van der Waals surface area contributed by atoms with Crippen LogP contribution in [-0.4, -0.2) is 13.4 Å². The van der Waals surface area contributed by atoms with Crippen molar-refractivity contribution in [2.75, 3.05) is 0 Å². The molecule has 3 aromatic rings. The zero-order valence-electron chi connectivity index (χ0n) is 12.3. The maximum absolute atomic E-state index is 13.7. The molecule has 0 aliphatic heterocycles. The third kappa shape index (κ3) is 2.92. The van der Waals surface area contributed by atoms with Crippen LogP contribution < -0.4 is 4.18 Å². The molecule has 0 amide bonds. The van der Waals surface area contributed by atoms with Crippen molar-refractivity contribution in [2.45, 2.75) is 11.8 Å². The van der Waals surface area contributed by atoms with Gasteiger partial charge in [0.1, 0.15) is 16.2 Å². The molecule has 24 heavy (non-hydrogen) atoms. The summed E-state index contributed by atoms with van der Waals surface area (Å²) in [6, 6.07) is 8.40. The fraction of sp³-hybridized carbons (Fsp3) is 0.0625. The number of aryl methyl sites for hydroxylation is 1. The molecule has 0 radical (unpaired) electrons. The van der Waals surface area contributed by atoms with Crippen molar-refractivity contribution in [2.24, 2.45) is 0 Å². The van der Waals surface area contributed by atoms with Gasteiger partial charge in [-0.2, -0.15) is 8.42 Å². The minimum Gasteiger partial charge on any atom is -0.377 e. The van der Waals surface area contributed by atoms with Crippen molar-refractivity contribution in [3.8, 4) is 5.75 Å². The first-order valence-electron chi connectivity index (χ1n) is 6.73. The van der Waals surface area contributed by atoms with E-state index in [1.54, 1.807) is 25.1 Å². The predicted molar refractivity (Wildman–Crippen MR) is 80.6 cm³/mol. The topological polar surface area (TPSA) is 56.3 Å². The standard InChI is InChI=1S/C16H10F3NO3S/c1-9-5-6-10-3-2-4-14(16(10)20-9)23-24(21,22)15-8-12(18)11(17)7-13(15)19/h2-8H,1H3. The molecular formula is C16H10F3NO3S. The Morgan fingerprint density at radius 3 is 2.42 bits per heavy atom. The summed E-state index contributed by atoms with van der Waals surface area (Å²) >= 11 is 0. The van der Waals surface area contributed by atoms with E-state index in [9.17, 15) is 21.6 Å². The largest absolute Gasteiger partial charge is 0.377 e. The van der Waals surface area contributed by atoms with Crippen LogP contribution in [0.15, 0.2) is 47.4 Å². The molecule has 1 heterocycles. The maximum Gasteiger partial charge on any atom is 0.342 e. The van der Waals surface area contributed by atoms with Gasteiger partial charge in [-0.25, -0.2) is 18.2 Å². The molecule has 0 N–H and O–H groups in total. The number of para-hydroxylation sites is 1. The number of rotatable bonds is 3. The molecule has 0 atom stereocenters. The molecule has 0 spiro atoms. The Bertz CT molecular complexity index is 1050. The first kappa shape index (κ1) is 16.3. The van der Waals surface area contributed by atoms with Crippen molar-refractivity contribution in [3.63, 3.8) is 0 Å². The van der Waals surface area contributed by atoms with Crippen LogP contribution >= 0.6 is 0 Å². The normalized spacial score (nSPS) is 11.7. The quantitative estimate of drug-likeness (QED) is 0.532. The van der Waals surface area contributed by atoms with Gasteiger partial charge in [-0.05, 0) is 19.1 Å². The van der Waals surface area contributed by atoms with E-state index in [-0.39, 0.29) is 23.4 Å². The third-order valence-corrected chi connectivity index (χ3v) is 4.52. The van der Waals surface area contributed by atoms with Crippen LogP contribution in [0.4, 0.5) is 13.2 Å². The lowest BCUT2D eigenvalue weighted by Crippen LogP contribution is -2.13. The molecule has 4 nitrogen and oxygen atoms in total. The highest BCUT2D eigenvalue weighted by Gasteiger charge is 2.25. The molecule has 0 unspecified atom stereocenters. The zero-order valence-corrected chi connectivity index (χ0v) is 13.1. The van der Waals surface area contributed by atoms with Crippen molar-refractivity contribution < 1.29 is 25.8 Å². The monoisotopic (exact) mass is 353 g/mol. The van der Waals surface area contributed by atoms with E-state index in [1.165, 1.54) is 12.1 Å². The van der Waals surface area contributed by atoms with Crippen LogP contribution in [0.25, 0.3) is 10.9 Å². The Balaban J connectivity index is 2.11. The number of pyridine rings is 1. The van der Waals surface area contributed by atoms with Crippen LogP contribution in [0.3, 0.4) is 0 Å². The summed E-state index contributed by atoms with van der Waals surface area (Å²) in [7, 11) is -4.71. The second kappa shape index (κ2) is 5.79. The molecule has 0 aliphatic rings. The lowest BCUT2D eigenvalue weighted by atomic mass is 10.2. The second-order valence-corrected chi connectivity index (χ2v) is 6.53. The zero-order chi connectivity index (χ0) is 17.5. The second-order valence-electron chi connectivity index (χ2n) is 5.01. The van der Waals surface area contributed by atoms with Crippen LogP contribution in [0, 0.1) is 24.4 Å². The molecule has 0 saturated heterocycles. The smallest absolute Gasteiger partial charge is 0.342 e. The highest BCUT2D eigenvalue weighted by Crippen LogP contribution is 2.28. The molecule has 0 fully saturated rings. The van der Waals surface area contributed by atoms with Gasteiger partial charge in [-0.3, -0.25) is 0 Å². The average Bonchev–Trinajstić information content (AvgIpc) is 2.51. The van der Waals surface area contributed by atoms with Crippen LogP contribution in [0.1, 0.15) is 5.69 Å². The van der Waals surface area contributed by atoms with Gasteiger partial charge in [0.25, 0.3) is 0 Å². The van der Waals surface area contributed by atoms with Gasteiger partial charge in [0.2, 0.25) is 0 Å². The summed E-state index contributed by atoms with van der Waals surface area (Å²) < 4.78 is 69.3. The molecule has 3 rings (SSSR count). The van der Waals surface area contributed by atoms with Crippen molar-refractivity contribution in [1.82, 2.24) is 4.98 Å². The van der Waals surface area contributed by atoms with Crippen molar-refractivity contribution in [3.05, 3.63) is 65.6 Å². The van der Waals surface area contributed by atoms with E-state index >= 15 is 0 Å². The van der Waals surface area contributed by atoms with Crippen LogP contribution in [0.5, 0.6) is 5.75 Å². The average molecular weight is 353 g/mol. The summed E-state index contributed by atoms with van der Waals surface area (Å²) in [4.78, 5) is 3.10. The fourth-order valence-corrected chi connectivity index (χ4v) is 3.15. The van der Waals surface area contributed by atoms with Crippen molar-refractivity contribution in [1.29, 1.82) is 0 Å². The first-order valence-corrected chi connectivity index (χ1v) is 8.14. The van der Waals surface area contributed by atoms with Gasteiger partial charge in [0.05, 0.1) is 0 Å². The molecular weight excluding hydrogens is 343 g/mol. The molecule has 0 aliphatic carbocycles. The van der Waals surface area contributed by atoms with E-state index in [0.717, 1.165) is 0 Å². The lowest BCUT2D eigenvalue weighted by molar-refractivity contribution is 0.461. The molecule has 2 aromatic carbocycles. The van der Waals surface area contributed by atoms with Gasteiger partial charge in [0, 0.05) is 23.2 Å². The number of halogens is 3. The van der Waals surface area contributed by atoms with Crippen LogP contribution in [0.2, 0.25) is 0 Å². The molecule has 124 valence electrons. The highest BCUT2D eigenvalue weighted by molar-refractivity contribution is 7.87. The van der Waals surface area contributed by atoms with Crippen LogP contribution in [-0.2, 0) is 10.1 Å². The SMILES string of the molecule is Cc1ccc2cccc(OS(=O)(=O)c3cc(F)c(F)cc3F)c2n1. The number of aromatic nitrogens is 1. The van der Waals surface area contributed by atoms with E-state index in [4.69, 9.17) is 4.18 Å². The minimum atomic E-state index is -4.71. The summed E-state index contributed by atoms with van der Waals surface area (Å²) in [5, 5.41) is 0.610. The van der Waals surface area contributed by atoms with E-state index in [1.807, 2.05) is 0 Å². The van der Waals surface area contributed by atoms with Gasteiger partial charge in [0.15, 0.2) is 17.4 Å². The lowest BCUT2D eigenvalue weighted by Gasteiger charge is -2.10. The Hall–Kier alpha value is -2.61. The molecule has 8 heteroatoms. The Kier molecular flexibility index (Phi) is 3.92. The Morgan fingerprint density at radius 1 is 0.958 bits per heavy atom. The van der Waals surface area contributed by atoms with Gasteiger partial charge in [-0.1, -0.05) is 18.2 Å². The third-order valence-electron chi connectivity index (χ3n) is 3.27. The number of hydrogen-bond donors (Lipinski definition) is 0. The summed E-state index contributed by atoms with van der Waals surface area (Å²) in [5.41, 5.74) is 0.874. The number of nitrogens with zero attached hydrogens (tertiary/aromatic N) is 1. The Labute approximate surface area is 135 Å². The number of hydrogen-bond acceptors (Lipinski definition) is 4. The Morgan fingerprint density at radius 2 is 1.67 bits per heavy atom. The number of benzene rings is 2. The number of fused-ring (bicyclic) bond motifs is 1. The van der Waals surface area contributed by atoms with Gasteiger partial charge in [-0.15, -0.1) is 0 Å². The van der Waals surface area contributed by atoms with Gasteiger partial charge < -0.3 is 4.18 Å². The van der Waals surface area contributed by atoms with E-state index in [2.05, 4.69) is 4.98 Å². The maximum atomic E-state index is 13.7. The van der Waals surface area contributed by atoms with E-state index < -0.39 is 32.5 Å². The summed E-state index contributed by atoms with van der Waals surface area (Å²) in [6.07, 6.45) is 0. The van der Waals surface area contributed by atoms with Gasteiger partial charge >= 0.3 is 10.1 Å². The molecule has 1 aromatic heterocycles. The summed E-state index contributed by atoms with van der Waals surface area (Å²) in [6.45, 7) is 1.71. The first-order chi connectivity index (χ1) is 11.3. The molecule has 0 saturated carbocycles. The predicted octanol–water partition coefficient (Wildman–Crippen LogP) is 3.73. The minimum absolute atomic E-state index is 0.139. The fourth-order valence-electron chi connectivity index (χ4n) is 2.14. The highest BCUT2D eigenvalue weighted by atomic mass is 32.2. The van der Waals surface area contributed by atoms with E-state index in [0.29, 0.717) is 11.1 Å². The molecule has 0 bridgehead atoms.